The third kappa shape index (κ3) is 4.93. The number of hydrogen-bond donors (Lipinski definition) is 2. The smallest absolute Gasteiger partial charge is 0.122 e. The summed E-state index contributed by atoms with van der Waals surface area (Å²) in [6.07, 6.45) is 2.54. The van der Waals surface area contributed by atoms with Crippen LogP contribution in [-0.2, 0) is 0 Å². The van der Waals surface area contributed by atoms with Gasteiger partial charge in [-0.2, -0.15) is 0 Å². The van der Waals surface area contributed by atoms with Gasteiger partial charge in [-0.1, -0.05) is 19.1 Å². The van der Waals surface area contributed by atoms with Gasteiger partial charge in [0.25, 0.3) is 0 Å². The first kappa shape index (κ1) is 18.2. The lowest BCUT2D eigenvalue weighted by Crippen LogP contribution is -2.45. The van der Waals surface area contributed by atoms with Gasteiger partial charge in [0.2, 0.25) is 0 Å². The van der Waals surface area contributed by atoms with Crippen molar-refractivity contribution in [3.63, 3.8) is 0 Å². The molecule has 1 aliphatic heterocycles. The zero-order chi connectivity index (χ0) is 16.9. The molecular weight excluding hydrogens is 290 g/mol. The molecule has 23 heavy (non-hydrogen) atoms. The molecule has 2 N–H and O–H groups in total. The summed E-state index contributed by atoms with van der Waals surface area (Å²) in [6, 6.07) is 6.12. The first-order valence-electron chi connectivity index (χ1n) is 8.69. The predicted molar refractivity (Wildman–Crippen MR) is 92.9 cm³/mol. The van der Waals surface area contributed by atoms with Gasteiger partial charge in [-0.05, 0) is 68.8 Å². The number of rotatable bonds is 7. The molecule has 0 aliphatic carbocycles. The minimum atomic E-state index is -0.488. The summed E-state index contributed by atoms with van der Waals surface area (Å²) in [5, 5.41) is 19.8. The summed E-state index contributed by atoms with van der Waals surface area (Å²) in [6.45, 7) is 9.32. The van der Waals surface area contributed by atoms with Crippen LogP contribution in [0, 0.1) is 19.3 Å². The number of aryl methyl sites for hydroxylation is 2. The quantitative estimate of drug-likeness (QED) is 0.810. The number of β-amino-alcohol motifs (C(OH)–C–C–N with tert-alkyl or cyclic N) is 1. The number of nitrogens with zero attached hydrogens (tertiary/aromatic N) is 1. The van der Waals surface area contributed by atoms with Crippen molar-refractivity contribution in [3.05, 3.63) is 29.3 Å². The van der Waals surface area contributed by atoms with E-state index in [0.717, 1.165) is 49.2 Å². The largest absolute Gasteiger partial charge is 0.491 e. The van der Waals surface area contributed by atoms with Crippen LogP contribution in [-0.4, -0.2) is 54.1 Å². The van der Waals surface area contributed by atoms with E-state index < -0.39 is 6.10 Å². The molecule has 1 fully saturated rings. The Balaban J connectivity index is 1.77. The Morgan fingerprint density at radius 3 is 2.57 bits per heavy atom. The molecule has 0 radical (unpaired) electrons. The summed E-state index contributed by atoms with van der Waals surface area (Å²) in [5.74, 6) is 0.855. The molecule has 0 aromatic heterocycles. The molecule has 2 rings (SSSR count). The molecule has 0 spiro atoms. The zero-order valence-corrected chi connectivity index (χ0v) is 14.7. The van der Waals surface area contributed by atoms with Gasteiger partial charge in [-0.25, -0.2) is 0 Å². The van der Waals surface area contributed by atoms with Crippen LogP contribution in [0.2, 0.25) is 0 Å². The number of aliphatic hydroxyl groups excluding tert-OH is 2. The van der Waals surface area contributed by atoms with Crippen LogP contribution in [0.1, 0.15) is 37.3 Å². The molecule has 1 aromatic carbocycles. The molecule has 4 nitrogen and oxygen atoms in total. The van der Waals surface area contributed by atoms with Crippen molar-refractivity contribution >= 4 is 0 Å². The Morgan fingerprint density at radius 1 is 1.26 bits per heavy atom. The van der Waals surface area contributed by atoms with Crippen LogP contribution in [0.5, 0.6) is 5.75 Å². The Bertz CT molecular complexity index is 489. The molecule has 1 heterocycles. The fraction of sp³-hybridized carbons (Fsp3) is 0.684. The molecule has 0 saturated carbocycles. The van der Waals surface area contributed by atoms with E-state index in [-0.39, 0.29) is 12.0 Å². The first-order chi connectivity index (χ1) is 11.0. The first-order valence-corrected chi connectivity index (χ1v) is 8.69. The topological polar surface area (TPSA) is 52.9 Å². The van der Waals surface area contributed by atoms with Gasteiger partial charge >= 0.3 is 0 Å². The lowest BCUT2D eigenvalue weighted by Gasteiger charge is -2.40. The third-order valence-corrected chi connectivity index (χ3v) is 5.25. The van der Waals surface area contributed by atoms with Crippen LogP contribution >= 0.6 is 0 Å². The molecule has 0 bridgehead atoms. The van der Waals surface area contributed by atoms with E-state index in [1.54, 1.807) is 0 Å². The van der Waals surface area contributed by atoms with Crippen molar-refractivity contribution in [1.29, 1.82) is 0 Å². The lowest BCUT2D eigenvalue weighted by molar-refractivity contribution is 0.0120. The summed E-state index contributed by atoms with van der Waals surface area (Å²) in [4.78, 5) is 2.28. The second kappa shape index (κ2) is 8.13. The number of likely N-dealkylation sites (tertiary alicyclic amines) is 1. The molecule has 1 aromatic rings. The van der Waals surface area contributed by atoms with Crippen molar-refractivity contribution in [1.82, 2.24) is 4.90 Å². The number of benzene rings is 1. The van der Waals surface area contributed by atoms with E-state index in [1.807, 2.05) is 26.0 Å². The van der Waals surface area contributed by atoms with E-state index >= 15 is 0 Å². The molecule has 1 atom stereocenters. The van der Waals surface area contributed by atoms with Crippen molar-refractivity contribution in [2.24, 2.45) is 5.41 Å². The maximum absolute atomic E-state index is 10.3. The van der Waals surface area contributed by atoms with Crippen LogP contribution in [0.3, 0.4) is 0 Å². The van der Waals surface area contributed by atoms with E-state index in [1.165, 1.54) is 0 Å². The van der Waals surface area contributed by atoms with Crippen molar-refractivity contribution < 1.29 is 14.9 Å². The predicted octanol–water partition coefficient (Wildman–Crippen LogP) is 2.53. The Hall–Kier alpha value is -1.10. The van der Waals surface area contributed by atoms with Gasteiger partial charge in [-0.3, -0.25) is 0 Å². The highest BCUT2D eigenvalue weighted by Crippen LogP contribution is 2.34. The highest BCUT2D eigenvalue weighted by Gasteiger charge is 2.32. The fourth-order valence-electron chi connectivity index (χ4n) is 3.23. The number of ether oxygens (including phenoxy) is 1. The standard InChI is InChI=1S/C19H31NO3/c1-4-19(14-21)7-9-20(10-8-19)12-17(22)13-23-18-11-15(2)5-6-16(18)3/h5-6,11,17,21-22H,4,7-10,12-14H2,1-3H3. The van der Waals surface area contributed by atoms with Gasteiger partial charge in [-0.15, -0.1) is 0 Å². The number of hydrogen-bond acceptors (Lipinski definition) is 4. The van der Waals surface area contributed by atoms with Crippen LogP contribution < -0.4 is 4.74 Å². The minimum absolute atomic E-state index is 0.0939. The van der Waals surface area contributed by atoms with Crippen molar-refractivity contribution in [3.8, 4) is 5.75 Å². The summed E-state index contributed by atoms with van der Waals surface area (Å²) in [5.41, 5.74) is 2.35. The average Bonchev–Trinajstić information content (AvgIpc) is 2.57. The summed E-state index contributed by atoms with van der Waals surface area (Å²) in [7, 11) is 0. The second-order valence-corrected chi connectivity index (χ2v) is 7.05. The SMILES string of the molecule is CCC1(CO)CCN(CC(O)COc2cc(C)ccc2C)CC1. The van der Waals surface area contributed by atoms with Crippen LogP contribution in [0.4, 0.5) is 0 Å². The van der Waals surface area contributed by atoms with E-state index in [2.05, 4.69) is 17.9 Å². The minimum Gasteiger partial charge on any atom is -0.491 e. The maximum Gasteiger partial charge on any atom is 0.122 e. The summed E-state index contributed by atoms with van der Waals surface area (Å²) < 4.78 is 5.79. The zero-order valence-electron chi connectivity index (χ0n) is 14.7. The van der Waals surface area contributed by atoms with Crippen molar-refractivity contribution in [2.75, 3.05) is 32.8 Å². The molecule has 130 valence electrons. The van der Waals surface area contributed by atoms with E-state index in [9.17, 15) is 10.2 Å². The van der Waals surface area contributed by atoms with Gasteiger partial charge in [0.1, 0.15) is 18.5 Å². The van der Waals surface area contributed by atoms with Gasteiger partial charge in [0, 0.05) is 13.2 Å². The van der Waals surface area contributed by atoms with Crippen molar-refractivity contribution in [2.45, 2.75) is 46.1 Å². The van der Waals surface area contributed by atoms with E-state index in [4.69, 9.17) is 4.74 Å². The van der Waals surface area contributed by atoms with Crippen LogP contribution in [0.15, 0.2) is 18.2 Å². The molecule has 4 heteroatoms. The Labute approximate surface area is 140 Å². The molecular formula is C19H31NO3. The Kier molecular flexibility index (Phi) is 6.45. The highest BCUT2D eigenvalue weighted by atomic mass is 16.5. The van der Waals surface area contributed by atoms with Gasteiger partial charge < -0.3 is 19.8 Å². The monoisotopic (exact) mass is 321 g/mol. The number of aliphatic hydroxyl groups is 2. The number of piperidine rings is 1. The Morgan fingerprint density at radius 2 is 1.96 bits per heavy atom. The van der Waals surface area contributed by atoms with Gasteiger partial charge in [0.05, 0.1) is 0 Å². The normalized spacial score (nSPS) is 19.5. The second-order valence-electron chi connectivity index (χ2n) is 7.05. The van der Waals surface area contributed by atoms with Gasteiger partial charge in [0.15, 0.2) is 0 Å². The van der Waals surface area contributed by atoms with Crippen LogP contribution in [0.25, 0.3) is 0 Å². The molecule has 1 unspecified atom stereocenters. The average molecular weight is 321 g/mol. The molecule has 1 saturated heterocycles. The van der Waals surface area contributed by atoms with E-state index in [0.29, 0.717) is 13.2 Å². The fourth-order valence-corrected chi connectivity index (χ4v) is 3.23. The summed E-state index contributed by atoms with van der Waals surface area (Å²) >= 11 is 0. The third-order valence-electron chi connectivity index (χ3n) is 5.25. The highest BCUT2D eigenvalue weighted by molar-refractivity contribution is 5.35. The maximum atomic E-state index is 10.3. The molecule has 0 amide bonds. The molecule has 1 aliphatic rings. The lowest BCUT2D eigenvalue weighted by atomic mass is 9.77.